The fraction of sp³-hybridized carbons (Fsp3) is 0.290. The quantitative estimate of drug-likeness (QED) is 0.199. The number of halogens is 1. The third-order valence-corrected chi connectivity index (χ3v) is 5.81. The molecule has 0 aromatic heterocycles. The Labute approximate surface area is 219 Å². The third kappa shape index (κ3) is 8.39. The van der Waals surface area contributed by atoms with Crippen molar-refractivity contribution in [2.75, 3.05) is 7.11 Å². The van der Waals surface area contributed by atoms with Gasteiger partial charge in [-0.1, -0.05) is 72.4 Å². The molecule has 0 amide bonds. The highest BCUT2D eigenvalue weighted by Gasteiger charge is 2.16. The molecule has 0 aliphatic rings. The van der Waals surface area contributed by atoms with Crippen LogP contribution in [0.3, 0.4) is 0 Å². The van der Waals surface area contributed by atoms with E-state index in [9.17, 15) is 9.59 Å². The Kier molecular flexibility index (Phi) is 9.66. The molecule has 0 unspecified atom stereocenters. The van der Waals surface area contributed by atoms with Crippen LogP contribution in [-0.2, 0) is 15.6 Å². The van der Waals surface area contributed by atoms with Crippen molar-refractivity contribution in [1.29, 1.82) is 0 Å². The van der Waals surface area contributed by atoms with Crippen LogP contribution in [0.15, 0.2) is 79.4 Å². The van der Waals surface area contributed by atoms with E-state index >= 15 is 0 Å². The molecule has 0 saturated heterocycles. The molecular weight excluding hydrogens is 472 g/mol. The van der Waals surface area contributed by atoms with Crippen molar-refractivity contribution >= 4 is 28.6 Å². The second-order valence-electron chi connectivity index (χ2n) is 10.5. The normalized spacial score (nSPS) is 11.1. The van der Waals surface area contributed by atoms with Gasteiger partial charge < -0.3 is 9.47 Å². The highest BCUT2D eigenvalue weighted by Crippen LogP contribution is 2.24. The van der Waals surface area contributed by atoms with Crippen molar-refractivity contribution in [3.05, 3.63) is 107 Å². The number of hydrogen-bond donors (Lipinski definition) is 0. The fourth-order valence-electron chi connectivity index (χ4n) is 3.21. The largest absolute Gasteiger partial charge is 0.497 e. The first-order valence-corrected chi connectivity index (χ1v) is 12.1. The molecule has 0 aliphatic heterocycles. The van der Waals surface area contributed by atoms with Gasteiger partial charge in [0.1, 0.15) is 11.5 Å². The van der Waals surface area contributed by atoms with E-state index < -0.39 is 11.2 Å². The molecule has 0 spiro atoms. The second kappa shape index (κ2) is 12.0. The van der Waals surface area contributed by atoms with E-state index in [1.54, 1.807) is 55.6 Å². The minimum absolute atomic E-state index is 0.0507. The summed E-state index contributed by atoms with van der Waals surface area (Å²) in [6.07, 6.45) is 0. The summed E-state index contributed by atoms with van der Waals surface area (Å²) in [6.45, 7) is 16.6. The summed E-state index contributed by atoms with van der Waals surface area (Å²) in [7, 11) is 1.60. The standard InChI is InChI=1S/C20H22O3.C11H13ClO/c1-14(15-8-12-18(22-5)13-9-15)23-19(21)16-6-10-17(11-7-16)20(2,3)4;1-11(2,3)9-6-4-8(5-7-9)10(12)13/h6-13H,1H2,2-5H3;4-7H,1-3H3. The van der Waals surface area contributed by atoms with Crippen LogP contribution >= 0.6 is 11.6 Å². The maximum absolute atomic E-state index is 12.2. The molecule has 4 nitrogen and oxygen atoms in total. The van der Waals surface area contributed by atoms with Gasteiger partial charge in [-0.25, -0.2) is 4.79 Å². The van der Waals surface area contributed by atoms with E-state index in [1.165, 1.54) is 11.1 Å². The van der Waals surface area contributed by atoms with Crippen molar-refractivity contribution < 1.29 is 19.1 Å². The number of rotatable bonds is 5. The van der Waals surface area contributed by atoms with Gasteiger partial charge in [-0.15, -0.1) is 0 Å². The summed E-state index contributed by atoms with van der Waals surface area (Å²) in [6, 6.07) is 22.1. The fourth-order valence-corrected chi connectivity index (χ4v) is 3.34. The van der Waals surface area contributed by atoms with E-state index in [0.717, 1.165) is 11.3 Å². The first-order valence-electron chi connectivity index (χ1n) is 11.7. The van der Waals surface area contributed by atoms with Gasteiger partial charge in [0.25, 0.3) is 5.24 Å². The van der Waals surface area contributed by atoms with Crippen molar-refractivity contribution in [3.63, 3.8) is 0 Å². The number of carbonyl (C=O) groups excluding carboxylic acids is 2. The molecule has 190 valence electrons. The van der Waals surface area contributed by atoms with E-state index in [1.807, 2.05) is 24.3 Å². The first kappa shape index (κ1) is 28.9. The van der Waals surface area contributed by atoms with E-state index in [2.05, 4.69) is 48.1 Å². The lowest BCUT2D eigenvalue weighted by Crippen LogP contribution is -2.11. The molecule has 3 aromatic rings. The molecule has 0 heterocycles. The summed E-state index contributed by atoms with van der Waals surface area (Å²) < 4.78 is 10.4. The smallest absolute Gasteiger partial charge is 0.343 e. The molecule has 0 radical (unpaired) electrons. The monoisotopic (exact) mass is 506 g/mol. The Morgan fingerprint density at radius 3 is 1.42 bits per heavy atom. The van der Waals surface area contributed by atoms with Crippen LogP contribution in [0.1, 0.15) is 78.9 Å². The molecule has 0 N–H and O–H groups in total. The minimum atomic E-state index is -0.411. The zero-order valence-electron chi connectivity index (χ0n) is 22.1. The lowest BCUT2D eigenvalue weighted by molar-refractivity contribution is 0.0692. The predicted octanol–water partition coefficient (Wildman–Crippen LogP) is 8.18. The number of carbonyl (C=O) groups is 2. The van der Waals surface area contributed by atoms with Crippen LogP contribution in [0, 0.1) is 0 Å². The summed E-state index contributed by atoms with van der Waals surface area (Å²) in [5.41, 5.74) is 4.34. The minimum Gasteiger partial charge on any atom is -0.497 e. The van der Waals surface area contributed by atoms with Crippen molar-refractivity contribution in [3.8, 4) is 5.75 Å². The van der Waals surface area contributed by atoms with Gasteiger partial charge in [0.2, 0.25) is 0 Å². The third-order valence-electron chi connectivity index (χ3n) is 5.59. The van der Waals surface area contributed by atoms with Crippen LogP contribution in [0.2, 0.25) is 0 Å². The van der Waals surface area contributed by atoms with Gasteiger partial charge in [-0.2, -0.15) is 0 Å². The Morgan fingerprint density at radius 2 is 1.06 bits per heavy atom. The molecular formula is C31H35ClO4. The Balaban J connectivity index is 0.000000297. The topological polar surface area (TPSA) is 52.6 Å². The van der Waals surface area contributed by atoms with Crippen LogP contribution in [-0.4, -0.2) is 18.3 Å². The van der Waals surface area contributed by atoms with Crippen LogP contribution in [0.5, 0.6) is 5.75 Å². The van der Waals surface area contributed by atoms with Crippen LogP contribution in [0.25, 0.3) is 5.76 Å². The average molecular weight is 507 g/mol. The molecule has 3 rings (SSSR count). The van der Waals surface area contributed by atoms with Crippen molar-refractivity contribution in [2.45, 2.75) is 52.4 Å². The zero-order valence-corrected chi connectivity index (χ0v) is 22.9. The van der Waals surface area contributed by atoms with Gasteiger partial charge in [0.05, 0.1) is 12.7 Å². The number of hydrogen-bond acceptors (Lipinski definition) is 4. The van der Waals surface area contributed by atoms with E-state index in [-0.39, 0.29) is 10.8 Å². The van der Waals surface area contributed by atoms with Crippen LogP contribution < -0.4 is 4.74 Å². The Hall–Kier alpha value is -3.37. The number of methoxy groups -OCH3 is 1. The van der Waals surface area contributed by atoms with E-state index in [4.69, 9.17) is 21.1 Å². The van der Waals surface area contributed by atoms with Crippen LogP contribution in [0.4, 0.5) is 0 Å². The lowest BCUT2D eigenvalue weighted by Gasteiger charge is -2.19. The molecule has 0 aliphatic carbocycles. The summed E-state index contributed by atoms with van der Waals surface area (Å²) in [4.78, 5) is 23.0. The molecule has 0 saturated carbocycles. The SMILES string of the molecule is C=C(OC(=O)c1ccc(C(C)(C)C)cc1)c1ccc(OC)cc1.CC(C)(C)c1ccc(C(=O)Cl)cc1. The first-order chi connectivity index (χ1) is 16.7. The molecule has 0 bridgehead atoms. The molecule has 3 aromatic carbocycles. The Bertz CT molecular complexity index is 1180. The summed E-state index contributed by atoms with van der Waals surface area (Å²) in [5, 5.41) is -0.402. The van der Waals surface area contributed by atoms with Gasteiger partial charge in [-0.05, 0) is 82.1 Å². The molecule has 36 heavy (non-hydrogen) atoms. The maximum Gasteiger partial charge on any atom is 0.343 e. The second-order valence-corrected chi connectivity index (χ2v) is 10.8. The maximum atomic E-state index is 12.2. The molecule has 5 heteroatoms. The van der Waals surface area contributed by atoms with E-state index in [0.29, 0.717) is 16.9 Å². The summed E-state index contributed by atoms with van der Waals surface area (Å²) >= 11 is 5.33. The summed E-state index contributed by atoms with van der Waals surface area (Å²) in [5.74, 6) is 0.648. The molecule has 0 fully saturated rings. The Morgan fingerprint density at radius 1 is 0.667 bits per heavy atom. The lowest BCUT2D eigenvalue weighted by atomic mass is 9.87. The van der Waals surface area contributed by atoms with Gasteiger partial charge in [0.15, 0.2) is 0 Å². The van der Waals surface area contributed by atoms with Crippen molar-refractivity contribution in [2.24, 2.45) is 0 Å². The average Bonchev–Trinajstić information content (AvgIpc) is 2.83. The number of ether oxygens (including phenoxy) is 2. The predicted molar refractivity (Wildman–Crippen MR) is 148 cm³/mol. The highest BCUT2D eigenvalue weighted by atomic mass is 35.5. The van der Waals surface area contributed by atoms with Gasteiger partial charge in [0, 0.05) is 11.1 Å². The highest BCUT2D eigenvalue weighted by molar-refractivity contribution is 6.67. The van der Waals surface area contributed by atoms with Gasteiger partial charge in [-0.3, -0.25) is 4.79 Å². The van der Waals surface area contributed by atoms with Crippen molar-refractivity contribution in [1.82, 2.24) is 0 Å². The number of esters is 1. The molecule has 0 atom stereocenters. The zero-order chi connectivity index (χ0) is 27.1. The van der Waals surface area contributed by atoms with Gasteiger partial charge >= 0.3 is 5.97 Å². The number of benzene rings is 3.